The maximum absolute atomic E-state index is 10.7. The number of rotatable bonds is 4. The van der Waals surface area contributed by atoms with Crippen LogP contribution in [-0.4, -0.2) is 30.6 Å². The van der Waals surface area contributed by atoms with Gasteiger partial charge in [0.25, 0.3) is 0 Å². The van der Waals surface area contributed by atoms with Crippen molar-refractivity contribution in [3.63, 3.8) is 0 Å². The van der Waals surface area contributed by atoms with Gasteiger partial charge in [-0.1, -0.05) is 17.9 Å². The summed E-state index contributed by atoms with van der Waals surface area (Å²) in [5, 5.41) is 11.9. The van der Waals surface area contributed by atoms with Crippen LogP contribution < -0.4 is 5.09 Å². The van der Waals surface area contributed by atoms with Crippen molar-refractivity contribution in [1.29, 1.82) is 0 Å². The number of hydrogen-bond acceptors (Lipinski definition) is 5. The number of nitrogens with one attached hydrogen (secondary N) is 1. The van der Waals surface area contributed by atoms with E-state index < -0.39 is 13.4 Å². The highest BCUT2D eigenvalue weighted by molar-refractivity contribution is 8.43. The second-order valence-corrected chi connectivity index (χ2v) is 9.34. The lowest BCUT2D eigenvalue weighted by atomic mass is 10.5. The number of nitrogens with zero attached hydrogens (tertiary/aromatic N) is 4. The zero-order chi connectivity index (χ0) is 12.4. The molecule has 10 heteroatoms. The number of aliphatic carboxylic acids is 1. The lowest BCUT2D eigenvalue weighted by molar-refractivity contribution is -0.137. The van der Waals surface area contributed by atoms with Crippen LogP contribution in [0.1, 0.15) is 0 Å². The van der Waals surface area contributed by atoms with Crippen molar-refractivity contribution in [3.05, 3.63) is 12.7 Å². The second kappa shape index (κ2) is 5.18. The molecule has 2 aromatic heterocycles. The van der Waals surface area contributed by atoms with Crippen molar-refractivity contribution < 1.29 is 9.90 Å². The number of imidazole rings is 1. The molecule has 0 aromatic carbocycles. The summed E-state index contributed by atoms with van der Waals surface area (Å²) in [6.45, 7) is -0.163. The van der Waals surface area contributed by atoms with Crippen LogP contribution in [0.3, 0.4) is 0 Å². The zero-order valence-electron chi connectivity index (χ0n) is 8.61. The van der Waals surface area contributed by atoms with E-state index in [0.29, 0.717) is 17.0 Å². The summed E-state index contributed by atoms with van der Waals surface area (Å²) in [6, 6.07) is 0. The highest BCUT2D eigenvalue weighted by Crippen LogP contribution is 2.52. The predicted octanol–water partition coefficient (Wildman–Crippen LogP) is 1.30. The van der Waals surface area contributed by atoms with E-state index in [-0.39, 0.29) is 6.54 Å². The highest BCUT2D eigenvalue weighted by atomic mass is 32.4. The van der Waals surface area contributed by atoms with Crippen molar-refractivity contribution in [2.75, 3.05) is 5.09 Å². The van der Waals surface area contributed by atoms with Gasteiger partial charge in [0.2, 0.25) is 0 Å². The minimum atomic E-state index is -0.934. The number of fused-ring (bicyclic) bond motifs is 1. The van der Waals surface area contributed by atoms with Crippen molar-refractivity contribution in [2.45, 2.75) is 6.54 Å². The fourth-order valence-electron chi connectivity index (χ4n) is 1.35. The molecule has 90 valence electrons. The van der Waals surface area contributed by atoms with Gasteiger partial charge in [-0.05, 0) is 0 Å². The average molecular weight is 289 g/mol. The van der Waals surface area contributed by atoms with E-state index in [9.17, 15) is 4.79 Å². The molecule has 0 saturated heterocycles. The van der Waals surface area contributed by atoms with E-state index in [4.69, 9.17) is 5.11 Å². The van der Waals surface area contributed by atoms with Crippen LogP contribution in [0.4, 0.5) is 5.82 Å². The normalized spacial score (nSPS) is 11.0. The lowest BCUT2D eigenvalue weighted by Gasteiger charge is -2.08. The first-order valence-corrected chi connectivity index (χ1v) is 9.09. The van der Waals surface area contributed by atoms with Gasteiger partial charge in [0.05, 0.1) is 6.33 Å². The largest absolute Gasteiger partial charge is 0.480 e. The van der Waals surface area contributed by atoms with Gasteiger partial charge in [-0.15, -0.1) is 0 Å². The van der Waals surface area contributed by atoms with E-state index in [0.717, 1.165) is 0 Å². The molecule has 0 bridgehead atoms. The van der Waals surface area contributed by atoms with Crippen LogP contribution in [0, 0.1) is 0 Å². The first-order chi connectivity index (χ1) is 8.08. The van der Waals surface area contributed by atoms with Crippen molar-refractivity contribution >= 4 is 48.3 Å². The van der Waals surface area contributed by atoms with Crippen LogP contribution in [0.5, 0.6) is 0 Å². The number of anilines is 1. The minimum absolute atomic E-state index is 0.163. The molecule has 2 N–H and O–H groups in total. The Balaban J connectivity index is 2.45. The number of carboxylic acid groups (broad SMARTS) is 1. The Labute approximate surface area is 102 Å². The molecule has 0 radical (unpaired) electrons. The average Bonchev–Trinajstić information content (AvgIpc) is 2.61. The number of aromatic nitrogens is 4. The van der Waals surface area contributed by atoms with E-state index in [1.165, 1.54) is 17.2 Å². The summed E-state index contributed by atoms with van der Waals surface area (Å²) in [5.74, 6) is -0.327. The quantitative estimate of drug-likeness (QED) is 0.824. The molecule has 0 aliphatic carbocycles. The summed E-state index contributed by atoms with van der Waals surface area (Å²) in [5.41, 5.74) is 1.09. The Morgan fingerprint density at radius 3 is 2.88 bits per heavy atom. The van der Waals surface area contributed by atoms with Gasteiger partial charge < -0.3 is 14.8 Å². The molecule has 0 spiro atoms. The summed E-state index contributed by atoms with van der Waals surface area (Å²) >= 11 is 0. The first-order valence-electron chi connectivity index (χ1n) is 4.51. The molecule has 2 aromatic rings. The van der Waals surface area contributed by atoms with Gasteiger partial charge in [0.1, 0.15) is 12.9 Å². The maximum Gasteiger partial charge on any atom is 0.323 e. The van der Waals surface area contributed by atoms with Crippen LogP contribution in [0.15, 0.2) is 12.7 Å². The third-order valence-corrected chi connectivity index (χ3v) is 3.19. The standard InChI is InChI=1S/C7H10N5O2P3/c13-4(14)1-12-3-10-5-6(11-17(15)16)8-2-9-7(5)12/h2-3H,1,15-16H2,(H,13,14)(H,8,9,11). The number of carbonyl (C=O) groups is 1. The Hall–Kier alpha value is -0.890. The van der Waals surface area contributed by atoms with Gasteiger partial charge in [-0.3, -0.25) is 4.79 Å². The fourth-order valence-corrected chi connectivity index (χ4v) is 2.49. The maximum atomic E-state index is 10.7. The van der Waals surface area contributed by atoms with Crippen LogP contribution in [0.2, 0.25) is 0 Å². The molecule has 0 aliphatic heterocycles. The van der Waals surface area contributed by atoms with Gasteiger partial charge >= 0.3 is 5.97 Å². The fraction of sp³-hybridized carbons (Fsp3) is 0.143. The van der Waals surface area contributed by atoms with Crippen LogP contribution >= 0.6 is 25.3 Å². The third kappa shape index (κ3) is 2.86. The van der Waals surface area contributed by atoms with E-state index in [1.54, 1.807) is 0 Å². The zero-order valence-corrected chi connectivity index (χ0v) is 11.8. The van der Waals surface area contributed by atoms with E-state index in [2.05, 4.69) is 37.9 Å². The lowest BCUT2D eigenvalue weighted by Crippen LogP contribution is -2.08. The van der Waals surface area contributed by atoms with E-state index in [1.807, 2.05) is 0 Å². The molecule has 2 heterocycles. The summed E-state index contributed by atoms with van der Waals surface area (Å²) < 4.78 is 1.47. The summed E-state index contributed by atoms with van der Waals surface area (Å²) in [6.07, 6.45) is 2.84. The minimum Gasteiger partial charge on any atom is -0.480 e. The molecule has 2 unspecified atom stereocenters. The second-order valence-electron chi connectivity index (χ2n) is 3.18. The van der Waals surface area contributed by atoms with Gasteiger partial charge in [-0.2, -0.15) is 0 Å². The van der Waals surface area contributed by atoms with Crippen LogP contribution in [-0.2, 0) is 11.3 Å². The summed E-state index contributed by atoms with van der Waals surface area (Å²) in [7, 11) is 4.71. The molecule has 2 rings (SSSR count). The molecule has 7 nitrogen and oxygen atoms in total. The van der Waals surface area contributed by atoms with Gasteiger partial charge in [-0.25, -0.2) is 15.0 Å². The van der Waals surface area contributed by atoms with Crippen molar-refractivity contribution in [1.82, 2.24) is 19.5 Å². The Bertz CT molecular complexity index is 557. The summed E-state index contributed by atoms with van der Waals surface area (Å²) in [4.78, 5) is 22.9. The molecule has 0 amide bonds. The molecule has 0 aliphatic rings. The smallest absolute Gasteiger partial charge is 0.323 e. The van der Waals surface area contributed by atoms with Crippen molar-refractivity contribution in [3.8, 4) is 0 Å². The molecule has 2 atom stereocenters. The SMILES string of the molecule is O=C(O)Cn1cnc2c(NP(P)P)ncnc21. The Morgan fingerprint density at radius 2 is 2.24 bits per heavy atom. The molecule has 0 fully saturated rings. The van der Waals surface area contributed by atoms with Gasteiger partial charge in [0.15, 0.2) is 17.0 Å². The highest BCUT2D eigenvalue weighted by Gasteiger charge is 2.12. The Morgan fingerprint density at radius 1 is 1.47 bits per heavy atom. The Kier molecular flexibility index (Phi) is 3.82. The predicted molar refractivity (Wildman–Crippen MR) is 72.9 cm³/mol. The molecule has 0 saturated carbocycles. The number of carboxylic acids is 1. The van der Waals surface area contributed by atoms with Crippen molar-refractivity contribution in [2.24, 2.45) is 0 Å². The molecule has 17 heavy (non-hydrogen) atoms. The van der Waals surface area contributed by atoms with Crippen LogP contribution in [0.25, 0.3) is 11.2 Å². The first kappa shape index (κ1) is 12.6. The molecular weight excluding hydrogens is 279 g/mol. The topological polar surface area (TPSA) is 92.9 Å². The number of hydrogen-bond donors (Lipinski definition) is 2. The third-order valence-electron chi connectivity index (χ3n) is 1.94. The van der Waals surface area contributed by atoms with Gasteiger partial charge in [0, 0.05) is 7.45 Å². The molecular formula is C7H10N5O2P3. The van der Waals surface area contributed by atoms with E-state index >= 15 is 0 Å². The monoisotopic (exact) mass is 289 g/mol.